The fraction of sp³-hybridized carbons (Fsp3) is 0.455. The summed E-state index contributed by atoms with van der Waals surface area (Å²) in [7, 11) is -0.772. The molecule has 0 fully saturated rings. The number of hydrogen-bond donors (Lipinski definition) is 2. The van der Waals surface area contributed by atoms with Crippen molar-refractivity contribution in [2.75, 3.05) is 0 Å². The first-order chi connectivity index (χ1) is 12.6. The second-order valence-electron chi connectivity index (χ2n) is 6.79. The van der Waals surface area contributed by atoms with Crippen LogP contribution in [0.3, 0.4) is 0 Å². The van der Waals surface area contributed by atoms with Crippen molar-refractivity contribution in [1.29, 1.82) is 0 Å². The van der Waals surface area contributed by atoms with E-state index in [9.17, 15) is 10.2 Å². The van der Waals surface area contributed by atoms with Crippen LogP contribution >= 0.6 is 0 Å². The number of rotatable bonds is 10. The summed E-state index contributed by atoms with van der Waals surface area (Å²) in [5.41, 5.74) is 2.40. The minimum atomic E-state index is -0.772. The van der Waals surface area contributed by atoms with E-state index in [1.807, 2.05) is 24.3 Å². The van der Waals surface area contributed by atoms with E-state index in [2.05, 4.69) is 13.8 Å². The molecule has 0 spiro atoms. The first-order valence-electron chi connectivity index (χ1n) is 9.62. The van der Waals surface area contributed by atoms with Crippen molar-refractivity contribution in [1.82, 2.24) is 0 Å². The Hall–Kier alpha value is -1.39. The van der Waals surface area contributed by atoms with Crippen LogP contribution in [-0.4, -0.2) is 10.2 Å². The lowest BCUT2D eigenvalue weighted by Crippen LogP contribution is -1.97. The maximum absolute atomic E-state index is 10.3. The summed E-state index contributed by atoms with van der Waals surface area (Å²) < 4.78 is 0. The number of phenols is 2. The molecule has 0 aliphatic rings. The number of phenolic OH excluding ortho intramolecular Hbond substituents is 2. The molecule has 26 heavy (non-hydrogen) atoms. The number of hydrogen-bond acceptors (Lipinski definition) is 3. The van der Waals surface area contributed by atoms with Crippen LogP contribution in [0.1, 0.15) is 63.5 Å². The molecule has 0 aromatic heterocycles. The molecule has 0 radical (unpaired) electrons. The number of benzene rings is 2. The van der Waals surface area contributed by atoms with Gasteiger partial charge in [0.15, 0.2) is 0 Å². The van der Waals surface area contributed by atoms with Gasteiger partial charge in [0.25, 0.3) is 0 Å². The highest BCUT2D eigenvalue weighted by atomic mass is 32.8. The van der Waals surface area contributed by atoms with Gasteiger partial charge in [-0.1, -0.05) is 61.1 Å². The summed E-state index contributed by atoms with van der Waals surface area (Å²) in [5.74, 6) is 0.441. The Labute approximate surface area is 164 Å². The average Bonchev–Trinajstić information content (AvgIpc) is 2.64. The third-order valence-corrected chi connectivity index (χ3v) is 7.12. The lowest BCUT2D eigenvalue weighted by molar-refractivity contribution is 0.459. The van der Waals surface area contributed by atoms with Crippen molar-refractivity contribution in [2.24, 2.45) is 0 Å². The van der Waals surface area contributed by atoms with Gasteiger partial charge < -0.3 is 10.2 Å². The first kappa shape index (κ1) is 20.9. The lowest BCUT2D eigenvalue weighted by Gasteiger charge is -2.13. The highest BCUT2D eigenvalue weighted by Gasteiger charge is 2.14. The fourth-order valence-corrected chi connectivity index (χ4v) is 5.07. The largest absolute Gasteiger partial charge is 0.507 e. The van der Waals surface area contributed by atoms with E-state index in [0.29, 0.717) is 0 Å². The monoisotopic (exact) mass is 390 g/mol. The standard InChI is InChI=1S/C22H30O2S2/c1-3-5-7-9-17-11-13-19(23)21(15-17)26(25)22-16-18(10-8-6-4-2)12-14-20(22)24/h11-16,23-24H,3-10H2,1-2H3. The van der Waals surface area contributed by atoms with Crippen LogP contribution < -0.4 is 0 Å². The molecule has 142 valence electrons. The molecule has 2 N–H and O–H groups in total. The summed E-state index contributed by atoms with van der Waals surface area (Å²) in [6.45, 7) is 4.39. The molecule has 0 bridgehead atoms. The van der Waals surface area contributed by atoms with Gasteiger partial charge in [-0.05, 0) is 72.3 Å². The molecule has 0 amide bonds. The van der Waals surface area contributed by atoms with Gasteiger partial charge in [-0.3, -0.25) is 0 Å². The lowest BCUT2D eigenvalue weighted by atomic mass is 10.1. The zero-order valence-corrected chi connectivity index (χ0v) is 17.5. The molecule has 0 heterocycles. The maximum Gasteiger partial charge on any atom is 0.129 e. The van der Waals surface area contributed by atoms with Crippen molar-refractivity contribution in [3.05, 3.63) is 47.5 Å². The molecule has 2 aromatic rings. The van der Waals surface area contributed by atoms with Crippen LogP contribution in [0, 0.1) is 0 Å². The summed E-state index contributed by atoms with van der Waals surface area (Å²) >= 11 is 5.74. The van der Waals surface area contributed by atoms with Crippen LogP contribution in [0.15, 0.2) is 46.2 Å². The van der Waals surface area contributed by atoms with Gasteiger partial charge in [0.2, 0.25) is 0 Å². The molecule has 2 aromatic carbocycles. The Morgan fingerprint density at radius 1 is 0.731 bits per heavy atom. The molecule has 0 unspecified atom stereocenters. The van der Waals surface area contributed by atoms with Crippen molar-refractivity contribution in [2.45, 2.75) is 75.0 Å². The molecule has 0 aliphatic carbocycles. The molecule has 0 aliphatic heterocycles. The summed E-state index contributed by atoms with van der Waals surface area (Å²) in [6, 6.07) is 11.5. The smallest absolute Gasteiger partial charge is 0.129 e. The van der Waals surface area contributed by atoms with Gasteiger partial charge in [0, 0.05) is 0 Å². The van der Waals surface area contributed by atoms with Crippen LogP contribution in [0.4, 0.5) is 0 Å². The molecule has 0 atom stereocenters. The molecule has 2 rings (SSSR count). The third kappa shape index (κ3) is 5.82. The van der Waals surface area contributed by atoms with Crippen LogP contribution in [0.25, 0.3) is 0 Å². The van der Waals surface area contributed by atoms with Gasteiger partial charge in [-0.2, -0.15) is 0 Å². The maximum atomic E-state index is 10.3. The first-order valence-corrected chi connectivity index (χ1v) is 11.8. The molecular formula is C22H30O2S2. The Morgan fingerprint density at radius 2 is 1.15 bits per heavy atom. The van der Waals surface area contributed by atoms with E-state index in [1.54, 1.807) is 12.1 Å². The second kappa shape index (κ2) is 10.7. The van der Waals surface area contributed by atoms with Crippen LogP contribution in [0.2, 0.25) is 0 Å². The fourth-order valence-electron chi connectivity index (χ4n) is 3.00. The van der Waals surface area contributed by atoms with E-state index in [1.165, 1.54) is 36.8 Å². The van der Waals surface area contributed by atoms with E-state index >= 15 is 0 Å². The van der Waals surface area contributed by atoms with Crippen molar-refractivity contribution in [3.8, 4) is 11.5 Å². The highest BCUT2D eigenvalue weighted by Crippen LogP contribution is 2.32. The average molecular weight is 391 g/mol. The van der Waals surface area contributed by atoms with E-state index < -0.39 is 9.45 Å². The Bertz CT molecular complexity index is 679. The minimum absolute atomic E-state index is 0.221. The van der Waals surface area contributed by atoms with E-state index in [-0.39, 0.29) is 11.5 Å². The third-order valence-electron chi connectivity index (χ3n) is 4.59. The minimum Gasteiger partial charge on any atom is -0.507 e. The van der Waals surface area contributed by atoms with Gasteiger partial charge in [0.1, 0.15) is 11.5 Å². The van der Waals surface area contributed by atoms with Gasteiger partial charge in [0.05, 0.1) is 9.79 Å². The Balaban J connectivity index is 2.24. The van der Waals surface area contributed by atoms with E-state index in [4.69, 9.17) is 11.2 Å². The van der Waals surface area contributed by atoms with Crippen molar-refractivity contribution in [3.63, 3.8) is 0 Å². The molecule has 4 heteroatoms. The molecule has 0 saturated heterocycles. The van der Waals surface area contributed by atoms with Gasteiger partial charge in [-0.15, -0.1) is 0 Å². The summed E-state index contributed by atoms with van der Waals surface area (Å²) in [5, 5.41) is 20.7. The zero-order chi connectivity index (χ0) is 18.9. The molecule has 0 saturated carbocycles. The quantitative estimate of drug-likeness (QED) is 0.484. The predicted molar refractivity (Wildman–Crippen MR) is 114 cm³/mol. The van der Waals surface area contributed by atoms with Crippen LogP contribution in [0.5, 0.6) is 11.5 Å². The second-order valence-corrected chi connectivity index (χ2v) is 9.20. The highest BCUT2D eigenvalue weighted by molar-refractivity contribution is 8.29. The van der Waals surface area contributed by atoms with Gasteiger partial charge >= 0.3 is 0 Å². The number of aromatic hydroxyl groups is 2. The predicted octanol–water partition coefficient (Wildman–Crippen LogP) is 6.06. The van der Waals surface area contributed by atoms with E-state index in [0.717, 1.165) is 35.5 Å². The summed E-state index contributed by atoms with van der Waals surface area (Å²) in [6.07, 6.45) is 9.07. The molecule has 2 nitrogen and oxygen atoms in total. The SMILES string of the molecule is CCCCCc1ccc(O)c(S(=S)c2cc(CCCCC)ccc2O)c1. The Morgan fingerprint density at radius 3 is 1.54 bits per heavy atom. The Kier molecular flexibility index (Phi) is 8.60. The molecular weight excluding hydrogens is 360 g/mol. The summed E-state index contributed by atoms with van der Waals surface area (Å²) in [4.78, 5) is 1.49. The topological polar surface area (TPSA) is 40.5 Å². The van der Waals surface area contributed by atoms with Gasteiger partial charge in [-0.25, -0.2) is 0 Å². The van der Waals surface area contributed by atoms with Crippen molar-refractivity contribution < 1.29 is 10.2 Å². The van der Waals surface area contributed by atoms with Crippen molar-refractivity contribution >= 4 is 20.6 Å². The number of aryl methyl sites for hydroxylation is 2. The normalized spacial score (nSPS) is 11.2. The van der Waals surface area contributed by atoms with Crippen LogP contribution in [-0.2, 0) is 33.5 Å². The number of unbranched alkanes of at least 4 members (excludes halogenated alkanes) is 4. The zero-order valence-electron chi connectivity index (χ0n) is 15.8.